The van der Waals surface area contributed by atoms with Gasteiger partial charge in [0.1, 0.15) is 0 Å². The van der Waals surface area contributed by atoms with Crippen molar-refractivity contribution in [2.24, 2.45) is 0 Å². The summed E-state index contributed by atoms with van der Waals surface area (Å²) in [5.74, 6) is 0. The molecule has 0 unspecified atom stereocenters. The summed E-state index contributed by atoms with van der Waals surface area (Å²) in [5.41, 5.74) is 11.6. The third-order valence-electron chi connectivity index (χ3n) is 5.21. The topological polar surface area (TPSA) is 3.88 Å². The van der Waals surface area contributed by atoms with Crippen molar-refractivity contribution in [2.75, 3.05) is 0 Å². The molecule has 2 aromatic carbocycles. The van der Waals surface area contributed by atoms with E-state index in [1.54, 1.807) is 0 Å². The molecule has 3 aromatic rings. The third-order valence-corrected chi connectivity index (χ3v) is 5.21. The Kier molecular flexibility index (Phi) is 2.38. The van der Waals surface area contributed by atoms with Gasteiger partial charge in [0.05, 0.1) is 0 Å². The van der Waals surface area contributed by atoms with Gasteiger partial charge in [-0.25, -0.2) is 0 Å². The molecule has 1 aliphatic heterocycles. The molecule has 1 nitrogen and oxygen atoms in total. The minimum absolute atomic E-state index is 1.08. The number of aromatic nitrogens is 1. The molecule has 1 heteroatoms. The first-order valence-electron chi connectivity index (χ1n) is 8.06. The van der Waals surface area contributed by atoms with Crippen molar-refractivity contribution < 1.29 is 4.57 Å². The van der Waals surface area contributed by atoms with E-state index in [0.717, 1.165) is 19.4 Å². The second kappa shape index (κ2) is 4.30. The molecular weight excluding hydrogens is 266 g/mol. The summed E-state index contributed by atoms with van der Waals surface area (Å²) in [4.78, 5) is 0. The highest BCUT2D eigenvalue weighted by molar-refractivity contribution is 5.75. The lowest BCUT2D eigenvalue weighted by Gasteiger charge is -2.18. The Labute approximate surface area is 130 Å². The number of pyridine rings is 1. The molecule has 0 saturated heterocycles. The van der Waals surface area contributed by atoms with Crippen LogP contribution >= 0.6 is 0 Å². The van der Waals surface area contributed by atoms with Crippen LogP contribution in [0.1, 0.15) is 22.3 Å². The molecular formula is C21H18N+. The maximum Gasteiger partial charge on any atom is 0.217 e. The lowest BCUT2D eigenvalue weighted by Crippen LogP contribution is -2.43. The Hall–Kier alpha value is -2.41. The number of benzene rings is 2. The average molecular weight is 284 g/mol. The molecule has 1 aromatic heterocycles. The van der Waals surface area contributed by atoms with Gasteiger partial charge in [-0.2, -0.15) is 4.57 Å². The molecule has 0 amide bonds. The fourth-order valence-corrected chi connectivity index (χ4v) is 4.14. The van der Waals surface area contributed by atoms with E-state index in [0.29, 0.717) is 0 Å². The van der Waals surface area contributed by atoms with Crippen molar-refractivity contribution in [3.8, 4) is 22.5 Å². The molecule has 0 saturated carbocycles. The largest absolute Gasteiger partial charge is 0.217 e. The van der Waals surface area contributed by atoms with Gasteiger partial charge in [0.2, 0.25) is 11.4 Å². The highest BCUT2D eigenvalue weighted by Gasteiger charge is 2.34. The van der Waals surface area contributed by atoms with E-state index in [1.165, 1.54) is 44.8 Å². The predicted octanol–water partition coefficient (Wildman–Crippen LogP) is 4.08. The highest BCUT2D eigenvalue weighted by atomic mass is 15.0. The molecule has 0 N–H and O–H groups in total. The minimum Gasteiger partial charge on any atom is -0.191 e. The maximum absolute atomic E-state index is 2.55. The fourth-order valence-electron chi connectivity index (χ4n) is 4.14. The zero-order valence-electron chi connectivity index (χ0n) is 12.8. The fraction of sp³-hybridized carbons (Fsp3) is 0.190. The van der Waals surface area contributed by atoms with E-state index in [9.17, 15) is 0 Å². The van der Waals surface area contributed by atoms with E-state index in [2.05, 4.69) is 66.1 Å². The summed E-state index contributed by atoms with van der Waals surface area (Å²) in [7, 11) is 0. The summed E-state index contributed by atoms with van der Waals surface area (Å²) in [6, 6.07) is 20.1. The van der Waals surface area contributed by atoms with E-state index in [-0.39, 0.29) is 0 Å². The number of aryl methyl sites for hydroxylation is 2. The van der Waals surface area contributed by atoms with Gasteiger partial charge < -0.3 is 0 Å². The van der Waals surface area contributed by atoms with Crippen LogP contribution in [0.15, 0.2) is 54.6 Å². The van der Waals surface area contributed by atoms with Crippen molar-refractivity contribution >= 4 is 0 Å². The molecule has 0 fully saturated rings. The summed E-state index contributed by atoms with van der Waals surface area (Å²) in [6.07, 6.45) is 2.21. The van der Waals surface area contributed by atoms with E-state index >= 15 is 0 Å². The monoisotopic (exact) mass is 284 g/mol. The van der Waals surface area contributed by atoms with Crippen molar-refractivity contribution in [1.82, 2.24) is 0 Å². The summed E-state index contributed by atoms with van der Waals surface area (Å²) in [6.45, 7) is 3.35. The van der Waals surface area contributed by atoms with Crippen molar-refractivity contribution in [3.05, 3.63) is 76.9 Å². The normalized spacial score (nSPS) is 14.0. The Morgan fingerprint density at radius 1 is 0.864 bits per heavy atom. The highest BCUT2D eigenvalue weighted by Crippen LogP contribution is 2.38. The molecule has 0 bridgehead atoms. The summed E-state index contributed by atoms with van der Waals surface area (Å²) < 4.78 is 2.55. The molecule has 106 valence electrons. The zero-order chi connectivity index (χ0) is 14.7. The minimum atomic E-state index is 1.08. The van der Waals surface area contributed by atoms with E-state index in [1.807, 2.05) is 0 Å². The van der Waals surface area contributed by atoms with Crippen LogP contribution in [0.25, 0.3) is 22.5 Å². The average Bonchev–Trinajstić information content (AvgIpc) is 2.95. The summed E-state index contributed by atoms with van der Waals surface area (Å²) >= 11 is 0. The van der Waals surface area contributed by atoms with Gasteiger partial charge in [0, 0.05) is 35.6 Å². The Morgan fingerprint density at radius 3 is 2.45 bits per heavy atom. The predicted molar refractivity (Wildman–Crippen MR) is 88.8 cm³/mol. The first-order valence-corrected chi connectivity index (χ1v) is 8.06. The zero-order valence-corrected chi connectivity index (χ0v) is 12.8. The summed E-state index contributed by atoms with van der Waals surface area (Å²) in [5, 5.41) is 0. The van der Waals surface area contributed by atoms with Gasteiger partial charge in [0.15, 0.2) is 6.54 Å². The second-order valence-corrected chi connectivity index (χ2v) is 6.43. The van der Waals surface area contributed by atoms with Crippen LogP contribution in [0, 0.1) is 6.92 Å². The quantitative estimate of drug-likeness (QED) is 0.428. The second-order valence-electron chi connectivity index (χ2n) is 6.43. The van der Waals surface area contributed by atoms with Gasteiger partial charge in [-0.1, -0.05) is 36.4 Å². The maximum atomic E-state index is 2.55. The SMILES string of the molecule is Cc1cc2[n+](c3c1Cc1ccccc1-3)CCc1ccccc1-2. The van der Waals surface area contributed by atoms with Crippen LogP contribution in [0.5, 0.6) is 0 Å². The first-order chi connectivity index (χ1) is 10.8. The van der Waals surface area contributed by atoms with Gasteiger partial charge in [-0.15, -0.1) is 0 Å². The first kappa shape index (κ1) is 12.2. The number of hydrogen-bond acceptors (Lipinski definition) is 0. The lowest BCUT2D eigenvalue weighted by molar-refractivity contribution is -0.677. The molecule has 5 rings (SSSR count). The third kappa shape index (κ3) is 1.51. The van der Waals surface area contributed by atoms with Crippen LogP contribution < -0.4 is 4.57 Å². The van der Waals surface area contributed by atoms with Gasteiger partial charge >= 0.3 is 0 Å². The number of rotatable bonds is 0. The number of nitrogens with zero attached hydrogens (tertiary/aromatic N) is 1. The van der Waals surface area contributed by atoms with Gasteiger partial charge in [0.25, 0.3) is 0 Å². The van der Waals surface area contributed by atoms with Crippen LogP contribution in [-0.2, 0) is 19.4 Å². The van der Waals surface area contributed by atoms with Crippen molar-refractivity contribution in [3.63, 3.8) is 0 Å². The molecule has 0 spiro atoms. The Bertz CT molecular complexity index is 921. The lowest BCUT2D eigenvalue weighted by atomic mass is 9.94. The molecule has 2 heterocycles. The van der Waals surface area contributed by atoms with Crippen LogP contribution in [-0.4, -0.2) is 0 Å². The van der Waals surface area contributed by atoms with Crippen LogP contribution in [0.3, 0.4) is 0 Å². The Balaban J connectivity index is 1.87. The molecule has 22 heavy (non-hydrogen) atoms. The van der Waals surface area contributed by atoms with Crippen molar-refractivity contribution in [1.29, 1.82) is 0 Å². The molecule has 0 radical (unpaired) electrons. The molecule has 2 aliphatic rings. The van der Waals surface area contributed by atoms with Gasteiger partial charge in [-0.3, -0.25) is 0 Å². The standard InChI is InChI=1S/C21H18N/c1-14-12-20-17-8-4-2-6-15(17)10-11-22(20)21-18-9-5-3-7-16(18)13-19(14)21/h2-9,12H,10-11,13H2,1H3/q+1. The molecule has 0 atom stereocenters. The van der Waals surface area contributed by atoms with E-state index < -0.39 is 0 Å². The number of hydrogen-bond donors (Lipinski definition) is 0. The number of fused-ring (bicyclic) bond motifs is 7. The van der Waals surface area contributed by atoms with Crippen molar-refractivity contribution in [2.45, 2.75) is 26.3 Å². The van der Waals surface area contributed by atoms with Crippen LogP contribution in [0.2, 0.25) is 0 Å². The van der Waals surface area contributed by atoms with Gasteiger partial charge in [-0.05, 0) is 35.7 Å². The Morgan fingerprint density at radius 2 is 1.59 bits per heavy atom. The van der Waals surface area contributed by atoms with Crippen LogP contribution in [0.4, 0.5) is 0 Å². The molecule has 1 aliphatic carbocycles. The smallest absolute Gasteiger partial charge is 0.191 e. The van der Waals surface area contributed by atoms with E-state index in [4.69, 9.17) is 0 Å².